The first kappa shape index (κ1) is 24.2. The lowest BCUT2D eigenvalue weighted by atomic mass is 9.87. The average molecular weight is 502 g/mol. The molecule has 0 spiro atoms. The Kier molecular flexibility index (Phi) is 8.29. The van der Waals surface area contributed by atoms with Crippen LogP contribution >= 0.6 is 15.9 Å². The second-order valence-corrected chi connectivity index (χ2v) is 10.1. The van der Waals surface area contributed by atoms with Crippen LogP contribution in [0.2, 0.25) is 0 Å². The number of hydrogen-bond acceptors (Lipinski definition) is 4. The van der Waals surface area contributed by atoms with E-state index >= 15 is 0 Å². The van der Waals surface area contributed by atoms with Gasteiger partial charge in [-0.1, -0.05) is 26.8 Å². The standard InChI is InChI=1S/C25H32BrN3O3/c1-25(2,3)19-8-9-22(21(26)16-19)32-15-5-7-23(30)29-13-10-20(11-14-29)28-24(31)18-6-4-12-27-17-18/h4,6,8-9,12,16-17,20H,5,7,10-11,13-15H2,1-3H3,(H,28,31). The monoisotopic (exact) mass is 501 g/mol. The van der Waals surface area contributed by atoms with Crippen molar-refractivity contribution in [3.8, 4) is 5.75 Å². The van der Waals surface area contributed by atoms with E-state index in [1.165, 1.54) is 5.56 Å². The van der Waals surface area contributed by atoms with Gasteiger partial charge in [-0.25, -0.2) is 0 Å². The molecule has 1 aliphatic rings. The molecule has 2 heterocycles. The van der Waals surface area contributed by atoms with Gasteiger partial charge in [0.15, 0.2) is 0 Å². The number of pyridine rings is 1. The summed E-state index contributed by atoms with van der Waals surface area (Å²) < 4.78 is 6.81. The quantitative estimate of drug-likeness (QED) is 0.557. The minimum absolute atomic E-state index is 0.0858. The fourth-order valence-corrected chi connectivity index (χ4v) is 4.18. The number of amides is 2. The Morgan fingerprint density at radius 3 is 2.59 bits per heavy atom. The highest BCUT2D eigenvalue weighted by atomic mass is 79.9. The Hall–Kier alpha value is -2.41. The van der Waals surface area contributed by atoms with Crippen molar-refractivity contribution in [2.75, 3.05) is 19.7 Å². The van der Waals surface area contributed by atoms with E-state index in [1.54, 1.807) is 24.5 Å². The van der Waals surface area contributed by atoms with E-state index in [4.69, 9.17) is 4.74 Å². The molecule has 0 aliphatic carbocycles. The molecule has 0 saturated carbocycles. The number of piperidine rings is 1. The van der Waals surface area contributed by atoms with Gasteiger partial charge < -0.3 is 15.0 Å². The van der Waals surface area contributed by atoms with Gasteiger partial charge in [-0.3, -0.25) is 14.6 Å². The van der Waals surface area contributed by atoms with Crippen LogP contribution in [0.25, 0.3) is 0 Å². The van der Waals surface area contributed by atoms with Crippen LogP contribution in [0, 0.1) is 0 Å². The molecule has 0 radical (unpaired) electrons. The van der Waals surface area contributed by atoms with Crippen molar-refractivity contribution in [2.45, 2.75) is 57.9 Å². The molecule has 2 amide bonds. The summed E-state index contributed by atoms with van der Waals surface area (Å²) in [5, 5.41) is 3.04. The summed E-state index contributed by atoms with van der Waals surface area (Å²) >= 11 is 3.59. The van der Waals surface area contributed by atoms with Gasteiger partial charge in [-0.05, 0) is 70.4 Å². The molecule has 1 fully saturated rings. The molecular weight excluding hydrogens is 470 g/mol. The van der Waals surface area contributed by atoms with Gasteiger partial charge in [0.1, 0.15) is 5.75 Å². The first-order valence-corrected chi connectivity index (χ1v) is 11.9. The van der Waals surface area contributed by atoms with Gasteiger partial charge in [0.25, 0.3) is 5.91 Å². The summed E-state index contributed by atoms with van der Waals surface area (Å²) in [6.45, 7) is 8.36. The second-order valence-electron chi connectivity index (χ2n) is 9.22. The number of carbonyl (C=O) groups is 2. The Labute approximate surface area is 198 Å². The first-order chi connectivity index (χ1) is 15.2. The van der Waals surface area contributed by atoms with Crippen molar-refractivity contribution in [1.82, 2.24) is 15.2 Å². The molecule has 2 aromatic rings. The van der Waals surface area contributed by atoms with Crippen molar-refractivity contribution in [3.63, 3.8) is 0 Å². The van der Waals surface area contributed by atoms with Gasteiger partial charge in [0, 0.05) is 37.9 Å². The predicted molar refractivity (Wildman–Crippen MR) is 129 cm³/mol. The highest BCUT2D eigenvalue weighted by Gasteiger charge is 2.24. The van der Waals surface area contributed by atoms with Gasteiger partial charge in [-0.15, -0.1) is 0 Å². The lowest BCUT2D eigenvalue weighted by Crippen LogP contribution is -2.46. The van der Waals surface area contributed by atoms with Crippen LogP contribution in [0.15, 0.2) is 47.2 Å². The van der Waals surface area contributed by atoms with Crippen LogP contribution in [0.5, 0.6) is 5.75 Å². The molecule has 172 valence electrons. The van der Waals surface area contributed by atoms with Crippen LogP contribution in [0.4, 0.5) is 0 Å². The Morgan fingerprint density at radius 2 is 1.97 bits per heavy atom. The minimum atomic E-state index is -0.110. The van der Waals surface area contributed by atoms with Crippen molar-refractivity contribution < 1.29 is 14.3 Å². The van der Waals surface area contributed by atoms with Crippen molar-refractivity contribution in [1.29, 1.82) is 0 Å². The third-order valence-corrected chi connectivity index (χ3v) is 6.32. The number of carbonyl (C=O) groups excluding carboxylic acids is 2. The number of hydrogen-bond donors (Lipinski definition) is 1. The number of likely N-dealkylation sites (tertiary alicyclic amines) is 1. The van der Waals surface area contributed by atoms with Crippen molar-refractivity contribution >= 4 is 27.7 Å². The predicted octanol–water partition coefficient (Wildman–Crippen LogP) is 4.72. The van der Waals surface area contributed by atoms with Crippen LogP contribution in [0.3, 0.4) is 0 Å². The molecule has 1 aliphatic heterocycles. The molecule has 1 aromatic heterocycles. The van der Waals surface area contributed by atoms with Gasteiger partial charge in [-0.2, -0.15) is 0 Å². The van der Waals surface area contributed by atoms with E-state index in [-0.39, 0.29) is 23.3 Å². The van der Waals surface area contributed by atoms with Crippen LogP contribution in [-0.2, 0) is 10.2 Å². The van der Waals surface area contributed by atoms with E-state index in [0.717, 1.165) is 23.1 Å². The number of benzene rings is 1. The Morgan fingerprint density at radius 1 is 1.22 bits per heavy atom. The van der Waals surface area contributed by atoms with Gasteiger partial charge in [0.2, 0.25) is 5.91 Å². The summed E-state index contributed by atoms with van der Waals surface area (Å²) in [6, 6.07) is 9.75. The number of rotatable bonds is 7. The molecule has 1 aromatic carbocycles. The van der Waals surface area contributed by atoms with E-state index in [1.807, 2.05) is 11.0 Å². The lowest BCUT2D eigenvalue weighted by molar-refractivity contribution is -0.132. The van der Waals surface area contributed by atoms with E-state index in [9.17, 15) is 9.59 Å². The van der Waals surface area contributed by atoms with Gasteiger partial charge >= 0.3 is 0 Å². The second kappa shape index (κ2) is 10.9. The number of ether oxygens (including phenoxy) is 1. The fraction of sp³-hybridized carbons (Fsp3) is 0.480. The summed E-state index contributed by atoms with van der Waals surface area (Å²) in [7, 11) is 0. The highest BCUT2D eigenvalue weighted by molar-refractivity contribution is 9.10. The largest absolute Gasteiger partial charge is 0.492 e. The molecule has 3 rings (SSSR count). The molecule has 7 heteroatoms. The van der Waals surface area contributed by atoms with E-state index in [0.29, 0.717) is 38.1 Å². The molecule has 1 N–H and O–H groups in total. The number of nitrogens with one attached hydrogen (secondary N) is 1. The Balaban J connectivity index is 1.36. The third-order valence-electron chi connectivity index (χ3n) is 5.70. The fourth-order valence-electron chi connectivity index (χ4n) is 3.69. The zero-order valence-electron chi connectivity index (χ0n) is 19.1. The summed E-state index contributed by atoms with van der Waals surface area (Å²) in [4.78, 5) is 30.7. The zero-order chi connectivity index (χ0) is 23.1. The number of halogens is 1. The van der Waals surface area contributed by atoms with Gasteiger partial charge in [0.05, 0.1) is 16.6 Å². The molecule has 0 atom stereocenters. The number of nitrogens with zero attached hydrogens (tertiary/aromatic N) is 2. The molecule has 0 unspecified atom stereocenters. The average Bonchev–Trinajstić information content (AvgIpc) is 2.77. The maximum atomic E-state index is 12.5. The maximum Gasteiger partial charge on any atom is 0.253 e. The highest BCUT2D eigenvalue weighted by Crippen LogP contribution is 2.31. The SMILES string of the molecule is CC(C)(C)c1ccc(OCCCC(=O)N2CCC(NC(=O)c3cccnc3)CC2)c(Br)c1. The number of aromatic nitrogens is 1. The summed E-state index contributed by atoms with van der Waals surface area (Å²) in [5.74, 6) is 0.838. The molecule has 6 nitrogen and oxygen atoms in total. The molecule has 1 saturated heterocycles. The van der Waals surface area contributed by atoms with Crippen LogP contribution < -0.4 is 10.1 Å². The van der Waals surface area contributed by atoms with E-state index in [2.05, 4.69) is 59.1 Å². The zero-order valence-corrected chi connectivity index (χ0v) is 20.7. The summed E-state index contributed by atoms with van der Waals surface area (Å²) in [5.41, 5.74) is 1.89. The normalized spacial score (nSPS) is 14.8. The summed E-state index contributed by atoms with van der Waals surface area (Å²) in [6.07, 6.45) is 5.87. The maximum absolute atomic E-state index is 12.5. The topological polar surface area (TPSA) is 71.5 Å². The molecule has 0 bridgehead atoms. The van der Waals surface area contributed by atoms with Crippen molar-refractivity contribution in [3.05, 3.63) is 58.3 Å². The van der Waals surface area contributed by atoms with Crippen LogP contribution in [0.1, 0.15) is 62.4 Å². The van der Waals surface area contributed by atoms with E-state index < -0.39 is 0 Å². The third kappa shape index (κ3) is 6.79. The Bertz CT molecular complexity index is 920. The minimum Gasteiger partial charge on any atom is -0.492 e. The van der Waals surface area contributed by atoms with Crippen LogP contribution in [-0.4, -0.2) is 47.4 Å². The lowest BCUT2D eigenvalue weighted by Gasteiger charge is -2.32. The smallest absolute Gasteiger partial charge is 0.253 e. The van der Waals surface area contributed by atoms with Crippen molar-refractivity contribution in [2.24, 2.45) is 0 Å². The molecule has 32 heavy (non-hydrogen) atoms. The first-order valence-electron chi connectivity index (χ1n) is 11.2. The molecular formula is C25H32BrN3O3.